The van der Waals surface area contributed by atoms with Crippen LogP contribution in [0.25, 0.3) is 0 Å². The van der Waals surface area contributed by atoms with E-state index in [2.05, 4.69) is 0 Å². The van der Waals surface area contributed by atoms with Crippen LogP contribution in [0.1, 0.15) is 37.7 Å². The fraction of sp³-hybridized carbons (Fsp3) is 0.500. The van der Waals surface area contributed by atoms with Crippen molar-refractivity contribution < 1.29 is 14.3 Å². The molecule has 0 aliphatic carbocycles. The lowest BCUT2D eigenvalue weighted by molar-refractivity contribution is -0.133. The first-order valence-electron chi connectivity index (χ1n) is 7.04. The molecule has 1 amide bonds. The first kappa shape index (κ1) is 14.6. The topological polar surface area (TPSA) is 46.6 Å². The van der Waals surface area contributed by atoms with Crippen LogP contribution in [-0.4, -0.2) is 36.8 Å². The van der Waals surface area contributed by atoms with E-state index in [0.29, 0.717) is 0 Å². The molecule has 1 atom stereocenters. The number of likely N-dealkylation sites (tertiary alicyclic amines) is 1. The Morgan fingerprint density at radius 2 is 1.80 bits per heavy atom. The Labute approximate surface area is 119 Å². The number of methoxy groups -OCH3 is 1. The van der Waals surface area contributed by atoms with Gasteiger partial charge in [0, 0.05) is 19.5 Å². The maximum Gasteiger partial charge on any atom is 0.230 e. The van der Waals surface area contributed by atoms with Crippen LogP contribution in [0.15, 0.2) is 24.3 Å². The molecule has 1 fully saturated rings. The molecule has 1 aliphatic rings. The second kappa shape index (κ2) is 6.55. The van der Waals surface area contributed by atoms with Crippen LogP contribution in [0.3, 0.4) is 0 Å². The van der Waals surface area contributed by atoms with E-state index < -0.39 is 0 Å². The number of benzene rings is 1. The van der Waals surface area contributed by atoms with E-state index >= 15 is 0 Å². The molecule has 0 bridgehead atoms. The molecule has 0 aromatic heterocycles. The summed E-state index contributed by atoms with van der Waals surface area (Å²) in [4.78, 5) is 25.9. The lowest BCUT2D eigenvalue weighted by Gasteiger charge is -2.23. The van der Waals surface area contributed by atoms with E-state index in [1.54, 1.807) is 7.11 Å². The van der Waals surface area contributed by atoms with Crippen LogP contribution >= 0.6 is 0 Å². The maximum atomic E-state index is 12.6. The highest BCUT2D eigenvalue weighted by Gasteiger charge is 2.28. The van der Waals surface area contributed by atoms with E-state index in [4.69, 9.17) is 4.74 Å². The summed E-state index contributed by atoms with van der Waals surface area (Å²) >= 11 is 0. The SMILES string of the molecule is COc1ccc([C@@H](CC(C)=O)C(=O)N2CCCC2)cc1. The molecule has 1 heterocycles. The van der Waals surface area contributed by atoms with Gasteiger partial charge in [0.05, 0.1) is 13.0 Å². The Morgan fingerprint density at radius 1 is 1.20 bits per heavy atom. The first-order valence-corrected chi connectivity index (χ1v) is 7.04. The van der Waals surface area contributed by atoms with Gasteiger partial charge in [-0.1, -0.05) is 12.1 Å². The van der Waals surface area contributed by atoms with Gasteiger partial charge in [-0.05, 0) is 37.5 Å². The molecule has 1 aromatic rings. The molecule has 0 N–H and O–H groups in total. The van der Waals surface area contributed by atoms with Crippen molar-refractivity contribution in [1.82, 2.24) is 4.90 Å². The molecule has 2 rings (SSSR count). The number of nitrogens with zero attached hydrogens (tertiary/aromatic N) is 1. The molecular weight excluding hydrogens is 254 g/mol. The lowest BCUT2D eigenvalue weighted by Crippen LogP contribution is -2.33. The Hall–Kier alpha value is -1.84. The number of ketones is 1. The standard InChI is InChI=1S/C16H21NO3/c1-12(18)11-15(16(19)17-9-3-4-10-17)13-5-7-14(20-2)8-6-13/h5-8,15H,3-4,9-11H2,1-2H3/t15-/m1/s1. The number of amides is 1. The average molecular weight is 275 g/mol. The minimum Gasteiger partial charge on any atom is -0.497 e. The molecular formula is C16H21NO3. The monoisotopic (exact) mass is 275 g/mol. The highest BCUT2D eigenvalue weighted by molar-refractivity contribution is 5.89. The van der Waals surface area contributed by atoms with Gasteiger partial charge in [-0.2, -0.15) is 0 Å². The zero-order valence-corrected chi connectivity index (χ0v) is 12.1. The van der Waals surface area contributed by atoms with Crippen LogP contribution < -0.4 is 4.74 Å². The van der Waals surface area contributed by atoms with Gasteiger partial charge in [-0.15, -0.1) is 0 Å². The number of Topliss-reactive ketones (excluding diaryl/α,β-unsaturated/α-hetero) is 1. The molecule has 20 heavy (non-hydrogen) atoms. The zero-order valence-electron chi connectivity index (χ0n) is 12.1. The predicted molar refractivity (Wildman–Crippen MR) is 76.8 cm³/mol. The Kier molecular flexibility index (Phi) is 4.77. The normalized spacial score (nSPS) is 16.0. The van der Waals surface area contributed by atoms with Crippen molar-refractivity contribution >= 4 is 11.7 Å². The van der Waals surface area contributed by atoms with E-state index in [1.807, 2.05) is 29.2 Å². The van der Waals surface area contributed by atoms with Crippen molar-refractivity contribution in [3.8, 4) is 5.75 Å². The average Bonchev–Trinajstić information content (AvgIpc) is 2.98. The Bertz CT molecular complexity index is 475. The van der Waals surface area contributed by atoms with Gasteiger partial charge in [0.2, 0.25) is 5.91 Å². The fourth-order valence-corrected chi connectivity index (χ4v) is 2.63. The van der Waals surface area contributed by atoms with Crippen molar-refractivity contribution in [3.05, 3.63) is 29.8 Å². The third-order valence-corrected chi connectivity index (χ3v) is 3.73. The molecule has 0 radical (unpaired) electrons. The molecule has 0 spiro atoms. The number of ether oxygens (including phenoxy) is 1. The van der Waals surface area contributed by atoms with E-state index in [1.165, 1.54) is 6.92 Å². The van der Waals surface area contributed by atoms with E-state index in [9.17, 15) is 9.59 Å². The van der Waals surface area contributed by atoms with Crippen molar-refractivity contribution in [1.29, 1.82) is 0 Å². The third kappa shape index (κ3) is 3.38. The molecule has 1 aliphatic heterocycles. The van der Waals surface area contributed by atoms with Crippen LogP contribution in [0, 0.1) is 0 Å². The van der Waals surface area contributed by atoms with Gasteiger partial charge in [-0.3, -0.25) is 9.59 Å². The molecule has 1 aromatic carbocycles. The highest BCUT2D eigenvalue weighted by Crippen LogP contribution is 2.26. The van der Waals surface area contributed by atoms with Crippen LogP contribution in [0.4, 0.5) is 0 Å². The van der Waals surface area contributed by atoms with Crippen molar-refractivity contribution in [2.75, 3.05) is 20.2 Å². The Morgan fingerprint density at radius 3 is 2.30 bits per heavy atom. The maximum absolute atomic E-state index is 12.6. The smallest absolute Gasteiger partial charge is 0.230 e. The number of carbonyl (C=O) groups excluding carboxylic acids is 2. The third-order valence-electron chi connectivity index (χ3n) is 3.73. The quantitative estimate of drug-likeness (QED) is 0.829. The molecule has 0 unspecified atom stereocenters. The lowest BCUT2D eigenvalue weighted by atomic mass is 9.92. The van der Waals surface area contributed by atoms with Gasteiger partial charge in [0.25, 0.3) is 0 Å². The van der Waals surface area contributed by atoms with Crippen molar-refractivity contribution in [2.24, 2.45) is 0 Å². The highest BCUT2D eigenvalue weighted by atomic mass is 16.5. The van der Waals surface area contributed by atoms with Crippen LogP contribution in [0.5, 0.6) is 5.75 Å². The number of hydrogen-bond donors (Lipinski definition) is 0. The number of hydrogen-bond acceptors (Lipinski definition) is 3. The first-order chi connectivity index (χ1) is 9.61. The summed E-state index contributed by atoms with van der Waals surface area (Å²) in [7, 11) is 1.61. The second-order valence-corrected chi connectivity index (χ2v) is 5.26. The van der Waals surface area contributed by atoms with Gasteiger partial charge >= 0.3 is 0 Å². The molecule has 0 saturated carbocycles. The van der Waals surface area contributed by atoms with E-state index in [0.717, 1.165) is 37.2 Å². The van der Waals surface area contributed by atoms with Crippen molar-refractivity contribution in [3.63, 3.8) is 0 Å². The predicted octanol–water partition coefficient (Wildman–Crippen LogP) is 2.38. The number of carbonyl (C=O) groups is 2. The molecule has 108 valence electrons. The summed E-state index contributed by atoms with van der Waals surface area (Å²) in [5.41, 5.74) is 0.887. The second-order valence-electron chi connectivity index (χ2n) is 5.26. The van der Waals surface area contributed by atoms with Gasteiger partial charge in [-0.25, -0.2) is 0 Å². The van der Waals surface area contributed by atoms with Gasteiger partial charge in [0.15, 0.2) is 0 Å². The molecule has 4 heteroatoms. The van der Waals surface area contributed by atoms with Crippen molar-refractivity contribution in [2.45, 2.75) is 32.1 Å². The summed E-state index contributed by atoms with van der Waals surface area (Å²) in [6.45, 7) is 3.15. The molecule has 1 saturated heterocycles. The summed E-state index contributed by atoms with van der Waals surface area (Å²) in [6.07, 6.45) is 2.38. The minimum absolute atomic E-state index is 0.0402. The van der Waals surface area contributed by atoms with Crippen LogP contribution in [-0.2, 0) is 9.59 Å². The van der Waals surface area contributed by atoms with Gasteiger partial charge in [0.1, 0.15) is 11.5 Å². The van der Waals surface area contributed by atoms with E-state index in [-0.39, 0.29) is 24.0 Å². The summed E-state index contributed by atoms with van der Waals surface area (Å²) in [6, 6.07) is 7.42. The summed E-state index contributed by atoms with van der Waals surface area (Å²) in [5.74, 6) is 0.502. The summed E-state index contributed by atoms with van der Waals surface area (Å²) < 4.78 is 5.13. The largest absolute Gasteiger partial charge is 0.497 e. The minimum atomic E-state index is -0.364. The van der Waals surface area contributed by atoms with Crippen LogP contribution in [0.2, 0.25) is 0 Å². The zero-order chi connectivity index (χ0) is 14.5. The summed E-state index contributed by atoms with van der Waals surface area (Å²) in [5, 5.41) is 0. The fourth-order valence-electron chi connectivity index (χ4n) is 2.63. The van der Waals surface area contributed by atoms with Gasteiger partial charge < -0.3 is 9.64 Å². The Balaban J connectivity index is 2.20. The molecule has 4 nitrogen and oxygen atoms in total. The number of rotatable bonds is 5.